The second-order valence-electron chi connectivity index (χ2n) is 2.58. The third-order valence-electron chi connectivity index (χ3n) is 1.40. The molecule has 0 aliphatic rings. The lowest BCUT2D eigenvalue weighted by Crippen LogP contribution is -1.98. The summed E-state index contributed by atoms with van der Waals surface area (Å²) in [5.41, 5.74) is 0. The van der Waals surface area contributed by atoms with Gasteiger partial charge in [-0.05, 0) is 19.1 Å². The molecule has 0 aliphatic heterocycles. The van der Waals surface area contributed by atoms with Crippen LogP contribution in [0.15, 0.2) is 12.2 Å². The third-order valence-corrected chi connectivity index (χ3v) is 2.40. The number of ether oxygens (including phenoxy) is 1. The SMILES string of the molecule is CCCCSC/C=C/C(=O)OCC. The van der Waals surface area contributed by atoms with Gasteiger partial charge in [-0.2, -0.15) is 11.8 Å². The van der Waals surface area contributed by atoms with Crippen LogP contribution in [0.4, 0.5) is 0 Å². The molecule has 2 nitrogen and oxygen atoms in total. The minimum Gasteiger partial charge on any atom is -0.463 e. The van der Waals surface area contributed by atoms with Gasteiger partial charge in [-0.25, -0.2) is 4.79 Å². The number of thioether (sulfide) groups is 1. The van der Waals surface area contributed by atoms with Crippen molar-refractivity contribution in [3.05, 3.63) is 12.2 Å². The summed E-state index contributed by atoms with van der Waals surface area (Å²) < 4.78 is 4.73. The molecule has 0 N–H and O–H groups in total. The van der Waals surface area contributed by atoms with Gasteiger partial charge in [-0.3, -0.25) is 0 Å². The molecular formula is C10H18O2S. The van der Waals surface area contributed by atoms with Crippen LogP contribution in [-0.4, -0.2) is 24.1 Å². The predicted octanol–water partition coefficient (Wildman–Crippen LogP) is 2.64. The lowest BCUT2D eigenvalue weighted by Gasteiger charge is -1.95. The maximum absolute atomic E-state index is 10.8. The summed E-state index contributed by atoms with van der Waals surface area (Å²) in [7, 11) is 0. The largest absolute Gasteiger partial charge is 0.463 e. The van der Waals surface area contributed by atoms with Gasteiger partial charge in [0.2, 0.25) is 0 Å². The molecule has 0 rings (SSSR count). The number of carbonyl (C=O) groups is 1. The van der Waals surface area contributed by atoms with Crippen molar-refractivity contribution in [2.24, 2.45) is 0 Å². The number of hydrogen-bond donors (Lipinski definition) is 0. The maximum atomic E-state index is 10.8. The summed E-state index contributed by atoms with van der Waals surface area (Å²) >= 11 is 1.84. The monoisotopic (exact) mass is 202 g/mol. The Morgan fingerprint density at radius 1 is 1.46 bits per heavy atom. The molecule has 0 heterocycles. The first kappa shape index (κ1) is 12.6. The summed E-state index contributed by atoms with van der Waals surface area (Å²) in [5, 5.41) is 0. The van der Waals surface area contributed by atoms with E-state index >= 15 is 0 Å². The number of esters is 1. The molecule has 0 radical (unpaired) electrons. The first-order valence-electron chi connectivity index (χ1n) is 4.72. The quantitative estimate of drug-likeness (QED) is 0.360. The Kier molecular flexibility index (Phi) is 9.32. The van der Waals surface area contributed by atoms with Gasteiger partial charge in [-0.15, -0.1) is 0 Å². The van der Waals surface area contributed by atoms with Crippen molar-refractivity contribution < 1.29 is 9.53 Å². The molecule has 0 aromatic heterocycles. The smallest absolute Gasteiger partial charge is 0.330 e. The van der Waals surface area contributed by atoms with Gasteiger partial charge in [0.25, 0.3) is 0 Å². The van der Waals surface area contributed by atoms with Crippen LogP contribution < -0.4 is 0 Å². The van der Waals surface area contributed by atoms with Gasteiger partial charge >= 0.3 is 5.97 Å². The van der Waals surface area contributed by atoms with Crippen molar-refractivity contribution in [3.63, 3.8) is 0 Å². The first-order chi connectivity index (χ1) is 6.31. The Labute approximate surface area is 84.7 Å². The molecule has 0 unspecified atom stereocenters. The van der Waals surface area contributed by atoms with Crippen molar-refractivity contribution in [1.82, 2.24) is 0 Å². The highest BCUT2D eigenvalue weighted by molar-refractivity contribution is 7.99. The standard InChI is InChI=1S/C10H18O2S/c1-3-5-8-13-9-6-7-10(11)12-4-2/h6-7H,3-5,8-9H2,1-2H3/b7-6+. The van der Waals surface area contributed by atoms with E-state index < -0.39 is 0 Å². The molecule has 0 saturated heterocycles. The number of rotatable bonds is 7. The Morgan fingerprint density at radius 3 is 2.85 bits per heavy atom. The highest BCUT2D eigenvalue weighted by Crippen LogP contribution is 2.04. The van der Waals surface area contributed by atoms with Crippen molar-refractivity contribution in [3.8, 4) is 0 Å². The second kappa shape index (κ2) is 9.65. The lowest BCUT2D eigenvalue weighted by atomic mass is 10.4. The van der Waals surface area contributed by atoms with E-state index in [2.05, 4.69) is 6.92 Å². The van der Waals surface area contributed by atoms with E-state index in [9.17, 15) is 4.79 Å². The average molecular weight is 202 g/mol. The molecule has 0 aromatic carbocycles. The van der Waals surface area contributed by atoms with Gasteiger partial charge in [0.05, 0.1) is 6.61 Å². The number of unbranched alkanes of at least 4 members (excludes halogenated alkanes) is 1. The molecule has 0 spiro atoms. The third kappa shape index (κ3) is 9.47. The van der Waals surface area contributed by atoms with Gasteiger partial charge in [0.1, 0.15) is 0 Å². The Hall–Kier alpha value is -0.440. The minimum atomic E-state index is -0.237. The molecule has 13 heavy (non-hydrogen) atoms. The van der Waals surface area contributed by atoms with Gasteiger partial charge < -0.3 is 4.74 Å². The van der Waals surface area contributed by atoms with Crippen molar-refractivity contribution >= 4 is 17.7 Å². The Balaban J connectivity index is 3.25. The van der Waals surface area contributed by atoms with E-state index in [4.69, 9.17) is 4.74 Å². The molecule has 76 valence electrons. The normalized spacial score (nSPS) is 10.6. The topological polar surface area (TPSA) is 26.3 Å². The molecule has 3 heteroatoms. The van der Waals surface area contributed by atoms with Crippen molar-refractivity contribution in [2.45, 2.75) is 26.7 Å². The van der Waals surface area contributed by atoms with Crippen LogP contribution in [0.5, 0.6) is 0 Å². The molecule has 0 saturated carbocycles. The van der Waals surface area contributed by atoms with Crippen molar-refractivity contribution in [1.29, 1.82) is 0 Å². The highest BCUT2D eigenvalue weighted by Gasteiger charge is 1.91. The summed E-state index contributed by atoms with van der Waals surface area (Å²) in [6.07, 6.45) is 5.84. The molecule has 0 aliphatic carbocycles. The summed E-state index contributed by atoms with van der Waals surface area (Å²) in [5.74, 6) is 1.83. The van der Waals surface area contributed by atoms with Crippen LogP contribution >= 0.6 is 11.8 Å². The zero-order valence-corrected chi connectivity index (χ0v) is 9.23. The average Bonchev–Trinajstić information content (AvgIpc) is 2.11. The van der Waals surface area contributed by atoms with Crippen LogP contribution in [0.25, 0.3) is 0 Å². The van der Waals surface area contributed by atoms with E-state index in [1.54, 1.807) is 0 Å². The first-order valence-corrected chi connectivity index (χ1v) is 5.87. The number of hydrogen-bond acceptors (Lipinski definition) is 3. The summed E-state index contributed by atoms with van der Waals surface area (Å²) in [6, 6.07) is 0. The molecule has 0 atom stereocenters. The maximum Gasteiger partial charge on any atom is 0.330 e. The molecular weight excluding hydrogens is 184 g/mol. The molecule has 0 bridgehead atoms. The lowest BCUT2D eigenvalue weighted by molar-refractivity contribution is -0.137. The fourth-order valence-corrected chi connectivity index (χ4v) is 1.62. The van der Waals surface area contributed by atoms with Crippen molar-refractivity contribution in [2.75, 3.05) is 18.1 Å². The molecule has 0 fully saturated rings. The summed E-state index contributed by atoms with van der Waals surface area (Å²) in [4.78, 5) is 10.8. The highest BCUT2D eigenvalue weighted by atomic mass is 32.2. The second-order valence-corrected chi connectivity index (χ2v) is 3.73. The van der Waals surface area contributed by atoms with Gasteiger partial charge in [0, 0.05) is 11.8 Å². The zero-order valence-electron chi connectivity index (χ0n) is 8.41. The fourth-order valence-electron chi connectivity index (χ4n) is 0.732. The van der Waals surface area contributed by atoms with E-state index in [0.29, 0.717) is 6.61 Å². The Morgan fingerprint density at radius 2 is 2.23 bits per heavy atom. The Bertz CT molecular complexity index is 155. The van der Waals surface area contributed by atoms with Crippen LogP contribution in [-0.2, 0) is 9.53 Å². The van der Waals surface area contributed by atoms with Crippen LogP contribution in [0, 0.1) is 0 Å². The van der Waals surface area contributed by atoms with E-state index in [1.807, 2.05) is 24.8 Å². The van der Waals surface area contributed by atoms with Gasteiger partial charge in [0.15, 0.2) is 0 Å². The van der Waals surface area contributed by atoms with Crippen LogP contribution in [0.2, 0.25) is 0 Å². The molecule has 0 amide bonds. The zero-order chi connectivity index (χ0) is 9.94. The van der Waals surface area contributed by atoms with Gasteiger partial charge in [-0.1, -0.05) is 19.4 Å². The van der Waals surface area contributed by atoms with Crippen LogP contribution in [0.1, 0.15) is 26.7 Å². The van der Waals surface area contributed by atoms with E-state index in [-0.39, 0.29) is 5.97 Å². The minimum absolute atomic E-state index is 0.237. The fraction of sp³-hybridized carbons (Fsp3) is 0.700. The van der Waals surface area contributed by atoms with Crippen LogP contribution in [0.3, 0.4) is 0 Å². The predicted molar refractivity (Wildman–Crippen MR) is 58.0 cm³/mol. The van der Waals surface area contributed by atoms with E-state index in [1.165, 1.54) is 24.7 Å². The number of carbonyl (C=O) groups excluding carboxylic acids is 1. The molecule has 0 aromatic rings. The van der Waals surface area contributed by atoms with E-state index in [0.717, 1.165) is 5.75 Å². The summed E-state index contributed by atoms with van der Waals surface area (Å²) in [6.45, 7) is 4.43.